The van der Waals surface area contributed by atoms with Crippen LogP contribution in [0.3, 0.4) is 0 Å². The van der Waals surface area contributed by atoms with E-state index in [1.54, 1.807) is 31.2 Å². The maximum Gasteiger partial charge on any atom is 0.338 e. The average Bonchev–Trinajstić information content (AvgIpc) is 2.57. The molecule has 0 atom stereocenters. The summed E-state index contributed by atoms with van der Waals surface area (Å²) in [5, 5.41) is 2.79. The van der Waals surface area contributed by atoms with Crippen LogP contribution in [0.4, 0.5) is 5.69 Å². The lowest BCUT2D eigenvalue weighted by Crippen LogP contribution is -2.15. The first-order valence-corrected chi connectivity index (χ1v) is 7.91. The standard InChI is InChI=1S/C19H21NO4/c1-3-23-17-10-8-14(9-11-17)12-18(21)20-16-7-5-6-15(13-16)19(22)24-4-2/h5-11,13H,3-4,12H2,1-2H3,(H,20,21). The molecule has 0 saturated heterocycles. The van der Waals surface area contributed by atoms with Crippen molar-refractivity contribution in [3.05, 3.63) is 59.7 Å². The van der Waals surface area contributed by atoms with Gasteiger partial charge in [-0.05, 0) is 49.7 Å². The van der Waals surface area contributed by atoms with Gasteiger partial charge in [-0.15, -0.1) is 0 Å². The van der Waals surface area contributed by atoms with Crippen LogP contribution in [0, 0.1) is 0 Å². The minimum atomic E-state index is -0.403. The van der Waals surface area contributed by atoms with Gasteiger partial charge in [-0.2, -0.15) is 0 Å². The SMILES string of the molecule is CCOC(=O)c1cccc(NC(=O)Cc2ccc(OCC)cc2)c1. The van der Waals surface area contributed by atoms with Crippen molar-refractivity contribution in [3.8, 4) is 5.75 Å². The summed E-state index contributed by atoms with van der Waals surface area (Å²) in [4.78, 5) is 23.9. The van der Waals surface area contributed by atoms with Crippen LogP contribution in [-0.4, -0.2) is 25.1 Å². The molecule has 1 amide bonds. The molecular weight excluding hydrogens is 306 g/mol. The molecule has 0 aliphatic carbocycles. The Bertz CT molecular complexity index is 695. The first-order chi connectivity index (χ1) is 11.6. The summed E-state index contributed by atoms with van der Waals surface area (Å²) in [6, 6.07) is 14.1. The fourth-order valence-corrected chi connectivity index (χ4v) is 2.20. The molecule has 5 nitrogen and oxygen atoms in total. The van der Waals surface area contributed by atoms with Crippen LogP contribution < -0.4 is 10.1 Å². The Morgan fingerprint density at radius 3 is 2.42 bits per heavy atom. The smallest absolute Gasteiger partial charge is 0.338 e. The van der Waals surface area contributed by atoms with E-state index in [2.05, 4.69) is 5.32 Å². The average molecular weight is 327 g/mol. The minimum Gasteiger partial charge on any atom is -0.494 e. The van der Waals surface area contributed by atoms with E-state index in [0.717, 1.165) is 11.3 Å². The van der Waals surface area contributed by atoms with Gasteiger partial charge in [0.25, 0.3) is 0 Å². The van der Waals surface area contributed by atoms with E-state index in [4.69, 9.17) is 9.47 Å². The van der Waals surface area contributed by atoms with E-state index < -0.39 is 5.97 Å². The third-order valence-corrected chi connectivity index (χ3v) is 3.26. The zero-order valence-corrected chi connectivity index (χ0v) is 13.9. The second kappa shape index (κ2) is 8.72. The Balaban J connectivity index is 1.96. The van der Waals surface area contributed by atoms with Crippen LogP contribution in [0.15, 0.2) is 48.5 Å². The Labute approximate surface area is 141 Å². The molecule has 0 bridgehead atoms. The van der Waals surface area contributed by atoms with E-state index in [1.165, 1.54) is 0 Å². The van der Waals surface area contributed by atoms with Gasteiger partial charge in [-0.25, -0.2) is 4.79 Å². The van der Waals surface area contributed by atoms with Gasteiger partial charge in [0.2, 0.25) is 5.91 Å². The molecule has 2 aromatic carbocycles. The molecule has 0 fully saturated rings. The molecule has 0 aromatic heterocycles. The van der Waals surface area contributed by atoms with Crippen molar-refractivity contribution < 1.29 is 19.1 Å². The molecular formula is C19H21NO4. The summed E-state index contributed by atoms with van der Waals surface area (Å²) in [5.41, 5.74) is 1.87. The fourth-order valence-electron chi connectivity index (χ4n) is 2.20. The summed E-state index contributed by atoms with van der Waals surface area (Å²) in [6.07, 6.45) is 0.246. The third kappa shape index (κ3) is 5.12. The molecule has 0 spiro atoms. The largest absolute Gasteiger partial charge is 0.494 e. The van der Waals surface area contributed by atoms with Crippen LogP contribution in [0.2, 0.25) is 0 Å². The lowest BCUT2D eigenvalue weighted by Gasteiger charge is -2.08. The molecule has 0 radical (unpaired) electrons. The lowest BCUT2D eigenvalue weighted by atomic mass is 10.1. The van der Waals surface area contributed by atoms with E-state index in [0.29, 0.717) is 24.5 Å². The highest BCUT2D eigenvalue weighted by atomic mass is 16.5. The number of ether oxygens (including phenoxy) is 2. The molecule has 2 aromatic rings. The van der Waals surface area contributed by atoms with E-state index in [-0.39, 0.29) is 12.3 Å². The van der Waals surface area contributed by atoms with Gasteiger partial charge in [0.15, 0.2) is 0 Å². The Hall–Kier alpha value is -2.82. The van der Waals surface area contributed by atoms with Crippen LogP contribution in [0.25, 0.3) is 0 Å². The Kier molecular flexibility index (Phi) is 6.37. The summed E-state index contributed by atoms with van der Waals surface area (Å²) < 4.78 is 10.3. The molecule has 0 saturated carbocycles. The van der Waals surface area contributed by atoms with Gasteiger partial charge in [0, 0.05) is 5.69 Å². The maximum atomic E-state index is 12.1. The highest BCUT2D eigenvalue weighted by Gasteiger charge is 2.09. The molecule has 126 valence electrons. The van der Waals surface area contributed by atoms with Crippen molar-refractivity contribution in [1.29, 1.82) is 0 Å². The van der Waals surface area contributed by atoms with Crippen LogP contribution in [0.5, 0.6) is 5.75 Å². The predicted octanol–water partition coefficient (Wildman–Crippen LogP) is 3.44. The summed E-state index contributed by atoms with van der Waals surface area (Å²) in [6.45, 7) is 4.59. The lowest BCUT2D eigenvalue weighted by molar-refractivity contribution is -0.115. The van der Waals surface area contributed by atoms with E-state index in [9.17, 15) is 9.59 Å². The van der Waals surface area contributed by atoms with Crippen LogP contribution in [0.1, 0.15) is 29.8 Å². The van der Waals surface area contributed by atoms with Crippen molar-refractivity contribution in [3.63, 3.8) is 0 Å². The molecule has 24 heavy (non-hydrogen) atoms. The highest BCUT2D eigenvalue weighted by Crippen LogP contribution is 2.15. The summed E-state index contributed by atoms with van der Waals surface area (Å²) in [5.74, 6) is 0.226. The number of nitrogens with one attached hydrogen (secondary N) is 1. The molecule has 2 rings (SSSR count). The number of carbonyl (C=O) groups excluding carboxylic acids is 2. The van der Waals surface area contributed by atoms with E-state index >= 15 is 0 Å². The number of carbonyl (C=O) groups is 2. The molecule has 0 unspecified atom stereocenters. The number of hydrogen-bond acceptors (Lipinski definition) is 4. The minimum absolute atomic E-state index is 0.153. The molecule has 1 N–H and O–H groups in total. The van der Waals surface area contributed by atoms with E-state index in [1.807, 2.05) is 31.2 Å². The predicted molar refractivity (Wildman–Crippen MR) is 92.3 cm³/mol. The zero-order chi connectivity index (χ0) is 17.4. The molecule has 0 aliphatic rings. The van der Waals surface area contributed by atoms with Crippen molar-refractivity contribution in [2.45, 2.75) is 20.3 Å². The van der Waals surface area contributed by atoms with Gasteiger partial charge in [0.05, 0.1) is 25.2 Å². The highest BCUT2D eigenvalue weighted by molar-refractivity contribution is 5.95. The molecule has 5 heteroatoms. The van der Waals surface area contributed by atoms with Crippen LogP contribution in [-0.2, 0) is 16.0 Å². The number of esters is 1. The topological polar surface area (TPSA) is 64.6 Å². The first-order valence-electron chi connectivity index (χ1n) is 7.91. The molecule has 0 aliphatic heterocycles. The Morgan fingerprint density at radius 2 is 1.75 bits per heavy atom. The van der Waals surface area contributed by atoms with Crippen molar-refractivity contribution in [2.24, 2.45) is 0 Å². The monoisotopic (exact) mass is 327 g/mol. The fraction of sp³-hybridized carbons (Fsp3) is 0.263. The quantitative estimate of drug-likeness (QED) is 0.791. The number of rotatable bonds is 7. The van der Waals surface area contributed by atoms with Crippen molar-refractivity contribution in [1.82, 2.24) is 0 Å². The van der Waals surface area contributed by atoms with Gasteiger partial charge < -0.3 is 14.8 Å². The number of amides is 1. The third-order valence-electron chi connectivity index (χ3n) is 3.26. The van der Waals surface area contributed by atoms with Crippen molar-refractivity contribution in [2.75, 3.05) is 18.5 Å². The summed E-state index contributed by atoms with van der Waals surface area (Å²) >= 11 is 0. The second-order valence-corrected chi connectivity index (χ2v) is 5.10. The number of hydrogen-bond donors (Lipinski definition) is 1. The van der Waals surface area contributed by atoms with Crippen molar-refractivity contribution >= 4 is 17.6 Å². The van der Waals surface area contributed by atoms with Crippen LogP contribution >= 0.6 is 0 Å². The maximum absolute atomic E-state index is 12.1. The second-order valence-electron chi connectivity index (χ2n) is 5.10. The zero-order valence-electron chi connectivity index (χ0n) is 13.9. The van der Waals surface area contributed by atoms with Gasteiger partial charge in [0.1, 0.15) is 5.75 Å². The number of anilines is 1. The first kappa shape index (κ1) is 17.5. The Morgan fingerprint density at radius 1 is 1.00 bits per heavy atom. The van der Waals surface area contributed by atoms with Gasteiger partial charge in [-0.3, -0.25) is 4.79 Å². The van der Waals surface area contributed by atoms with Gasteiger partial charge >= 0.3 is 5.97 Å². The number of benzene rings is 2. The summed E-state index contributed by atoms with van der Waals surface area (Å²) in [7, 11) is 0. The van der Waals surface area contributed by atoms with Gasteiger partial charge in [-0.1, -0.05) is 18.2 Å². The normalized spacial score (nSPS) is 10.1. The molecule has 0 heterocycles.